The Morgan fingerprint density at radius 1 is 1.00 bits per heavy atom. The Morgan fingerprint density at radius 2 is 1.62 bits per heavy atom. The third kappa shape index (κ3) is 3.36. The molecule has 1 fully saturated rings. The third-order valence-electron chi connectivity index (χ3n) is 1.15. The van der Waals surface area contributed by atoms with Gasteiger partial charge in [-0.15, -0.1) is 0 Å². The second-order valence-corrected chi connectivity index (χ2v) is 8.00. The summed E-state index contributed by atoms with van der Waals surface area (Å²) in [6.07, 6.45) is 3.17. The summed E-state index contributed by atoms with van der Waals surface area (Å²) in [5.41, 5.74) is 0. The Labute approximate surface area is 68.0 Å². The van der Waals surface area contributed by atoms with Gasteiger partial charge in [-0.3, -0.25) is 0 Å². The van der Waals surface area contributed by atoms with Gasteiger partial charge in [0.15, 0.2) is 0 Å². The molecule has 1 rings (SSSR count). The molecule has 0 aromatic heterocycles. The molecular weight excluding hydrogens is 279 g/mol. The topological polar surface area (TPSA) is 0 Å². The van der Waals surface area contributed by atoms with E-state index in [4.69, 9.17) is 0 Å². The van der Waals surface area contributed by atoms with E-state index < -0.39 is 0 Å². The fourth-order valence-electron chi connectivity index (χ4n) is 0.730. The van der Waals surface area contributed by atoms with Gasteiger partial charge in [-0.2, -0.15) is 0 Å². The second kappa shape index (κ2) is 5.12. The molecule has 0 bridgehead atoms. The molecule has 0 radical (unpaired) electrons. The zero-order valence-corrected chi connectivity index (χ0v) is 9.10. The molecule has 0 aromatic carbocycles. The molecule has 0 nitrogen and oxygen atoms in total. The van der Waals surface area contributed by atoms with Crippen LogP contribution < -0.4 is 0 Å². The quantitative estimate of drug-likeness (QED) is 0.598. The number of hydrogen-bond donors (Lipinski definition) is 0. The fourth-order valence-corrected chi connectivity index (χ4v) is 7.75. The van der Waals surface area contributed by atoms with E-state index in [1.165, 1.54) is 0 Å². The van der Waals surface area contributed by atoms with Crippen LogP contribution in [-0.4, -0.2) is 35.9 Å². The van der Waals surface area contributed by atoms with Gasteiger partial charge in [-0.1, -0.05) is 0 Å². The Bertz CT molecular complexity index is 32.5. The van der Waals surface area contributed by atoms with Gasteiger partial charge in [-0.05, 0) is 0 Å². The van der Waals surface area contributed by atoms with Crippen molar-refractivity contribution in [1.29, 1.82) is 0 Å². The van der Waals surface area contributed by atoms with Crippen LogP contribution in [0.15, 0.2) is 0 Å². The van der Waals surface area contributed by atoms with Crippen LogP contribution >= 0.6 is 0 Å². The first kappa shape index (κ1) is 7.42. The summed E-state index contributed by atoms with van der Waals surface area (Å²) in [5, 5.41) is 3.19. The summed E-state index contributed by atoms with van der Waals surface area (Å²) in [4.78, 5) is 0. The van der Waals surface area contributed by atoms with E-state index in [2.05, 4.69) is 0 Å². The molecule has 0 amide bonds. The predicted octanol–water partition coefficient (Wildman–Crippen LogP) is 1.86. The Morgan fingerprint density at radius 3 is 2.25 bits per heavy atom. The molecular formula is C6H12SeTe. The third-order valence-corrected chi connectivity index (χ3v) is 6.87. The summed E-state index contributed by atoms with van der Waals surface area (Å²) in [5.74, 6) is 0. The molecule has 0 atom stereocenters. The summed E-state index contributed by atoms with van der Waals surface area (Å²) in [6.45, 7) is 0. The van der Waals surface area contributed by atoms with Gasteiger partial charge < -0.3 is 0 Å². The molecule has 0 N–H and O–H groups in total. The molecule has 0 spiro atoms. The second-order valence-electron chi connectivity index (χ2n) is 1.93. The van der Waals surface area contributed by atoms with Gasteiger partial charge in [0.25, 0.3) is 0 Å². The van der Waals surface area contributed by atoms with Crippen LogP contribution in [0.1, 0.15) is 12.8 Å². The van der Waals surface area contributed by atoms with Crippen molar-refractivity contribution < 1.29 is 0 Å². The molecule has 0 unspecified atom stereocenters. The first-order valence-corrected chi connectivity index (χ1v) is 8.87. The van der Waals surface area contributed by atoms with E-state index >= 15 is 0 Å². The minimum absolute atomic E-state index is 0.529. The normalized spacial score (nSPS) is 24.0. The van der Waals surface area contributed by atoms with Crippen LogP contribution in [-0.2, 0) is 0 Å². The van der Waals surface area contributed by atoms with Gasteiger partial charge in [0, 0.05) is 0 Å². The van der Waals surface area contributed by atoms with Crippen LogP contribution in [0.2, 0.25) is 19.6 Å². The van der Waals surface area contributed by atoms with E-state index in [0.717, 1.165) is 15.0 Å². The molecule has 8 heavy (non-hydrogen) atoms. The van der Waals surface area contributed by atoms with Crippen LogP contribution in [0.25, 0.3) is 0 Å². The van der Waals surface area contributed by atoms with Crippen LogP contribution in [0.3, 0.4) is 0 Å². The molecule has 0 aromatic rings. The fraction of sp³-hybridized carbons (Fsp3) is 1.00. The molecule has 48 valence electrons. The van der Waals surface area contributed by atoms with Crippen LogP contribution in [0.5, 0.6) is 0 Å². The molecule has 0 saturated carbocycles. The van der Waals surface area contributed by atoms with Gasteiger partial charge in [-0.25, -0.2) is 0 Å². The maximum atomic E-state index is 1.65. The van der Waals surface area contributed by atoms with E-state index in [1.807, 2.05) is 0 Å². The van der Waals surface area contributed by atoms with Crippen molar-refractivity contribution in [3.8, 4) is 0 Å². The van der Waals surface area contributed by atoms with Gasteiger partial charge in [0.05, 0.1) is 0 Å². The van der Waals surface area contributed by atoms with E-state index in [-0.39, 0.29) is 0 Å². The first-order chi connectivity index (χ1) is 4.00. The summed E-state index contributed by atoms with van der Waals surface area (Å²) >= 11 is 1.58. The van der Waals surface area contributed by atoms with E-state index in [1.54, 1.807) is 32.4 Å². The van der Waals surface area contributed by atoms with Gasteiger partial charge in [0.1, 0.15) is 0 Å². The molecule has 0 aliphatic carbocycles. The van der Waals surface area contributed by atoms with Crippen molar-refractivity contribution in [2.75, 3.05) is 0 Å². The maximum absolute atomic E-state index is 1.65. The average Bonchev–Trinajstić information content (AvgIpc) is 1.62. The standard InChI is InChI=1S/C6H12SeTe/c1-3-7-4-2-6-8-5-1/h1-6H2. The van der Waals surface area contributed by atoms with Gasteiger partial charge >= 0.3 is 68.3 Å². The zero-order valence-electron chi connectivity index (χ0n) is 5.06. The SMILES string of the molecule is C1C[Se]CCC[Te]C1. The van der Waals surface area contributed by atoms with Crippen molar-refractivity contribution >= 4 is 35.9 Å². The predicted molar refractivity (Wildman–Crippen MR) is 40.0 cm³/mol. The van der Waals surface area contributed by atoms with Crippen molar-refractivity contribution in [1.82, 2.24) is 0 Å². The molecule has 1 saturated heterocycles. The zero-order chi connectivity index (χ0) is 5.66. The number of rotatable bonds is 0. The van der Waals surface area contributed by atoms with E-state index in [0.29, 0.717) is 20.9 Å². The first-order valence-electron chi connectivity index (χ1n) is 3.15. The summed E-state index contributed by atoms with van der Waals surface area (Å²) in [7, 11) is 0. The summed E-state index contributed by atoms with van der Waals surface area (Å²) in [6, 6.07) is 0. The summed E-state index contributed by atoms with van der Waals surface area (Å²) < 4.78 is 3.29. The minimum atomic E-state index is 0.529. The number of hydrogen-bond acceptors (Lipinski definition) is 0. The van der Waals surface area contributed by atoms with Crippen molar-refractivity contribution in [2.24, 2.45) is 0 Å². The Kier molecular flexibility index (Phi) is 4.75. The molecule has 1 aliphatic rings. The average molecular weight is 291 g/mol. The van der Waals surface area contributed by atoms with Crippen molar-refractivity contribution in [2.45, 2.75) is 32.4 Å². The van der Waals surface area contributed by atoms with Gasteiger partial charge in [0.2, 0.25) is 0 Å². The Hall–Kier alpha value is 1.31. The van der Waals surface area contributed by atoms with Crippen LogP contribution in [0, 0.1) is 0 Å². The van der Waals surface area contributed by atoms with Crippen molar-refractivity contribution in [3.63, 3.8) is 0 Å². The molecule has 1 aliphatic heterocycles. The van der Waals surface area contributed by atoms with Crippen molar-refractivity contribution in [3.05, 3.63) is 0 Å². The Balaban J connectivity index is 2.00. The molecule has 1 heterocycles. The van der Waals surface area contributed by atoms with E-state index in [9.17, 15) is 0 Å². The monoisotopic (exact) mass is 294 g/mol. The molecule has 2 heteroatoms. The van der Waals surface area contributed by atoms with Crippen LogP contribution in [0.4, 0.5) is 0 Å².